The second kappa shape index (κ2) is 5.73. The second-order valence-electron chi connectivity index (χ2n) is 5.05. The van der Waals surface area contributed by atoms with Gasteiger partial charge in [0.25, 0.3) is 0 Å². The summed E-state index contributed by atoms with van der Waals surface area (Å²) in [6.07, 6.45) is 1.67. The van der Waals surface area contributed by atoms with Crippen molar-refractivity contribution >= 4 is 0 Å². The van der Waals surface area contributed by atoms with Gasteiger partial charge in [0.1, 0.15) is 12.1 Å². The highest BCUT2D eigenvalue weighted by atomic mass is 19.1. The molecule has 1 atom stereocenters. The molecule has 1 fully saturated rings. The lowest BCUT2D eigenvalue weighted by Crippen LogP contribution is -2.42. The number of nitrogens with zero attached hydrogens (tertiary/aromatic N) is 2. The van der Waals surface area contributed by atoms with E-state index in [0.717, 1.165) is 37.6 Å². The SMILES string of the molecule is C[C@H]1COCCN1Cc1coc(-c2ccc(F)cc2)n1. The lowest BCUT2D eigenvalue weighted by molar-refractivity contribution is -0.00491. The molecule has 2 heterocycles. The van der Waals surface area contributed by atoms with E-state index in [-0.39, 0.29) is 5.82 Å². The summed E-state index contributed by atoms with van der Waals surface area (Å²) in [5.74, 6) is 0.267. The third-order valence-corrected chi connectivity index (χ3v) is 3.51. The van der Waals surface area contributed by atoms with E-state index in [1.54, 1.807) is 18.4 Å². The molecule has 106 valence electrons. The molecule has 0 aliphatic carbocycles. The first-order chi connectivity index (χ1) is 9.72. The Morgan fingerprint density at radius 1 is 1.35 bits per heavy atom. The fourth-order valence-corrected chi connectivity index (χ4v) is 2.31. The first-order valence-corrected chi connectivity index (χ1v) is 6.74. The van der Waals surface area contributed by atoms with Crippen molar-refractivity contribution in [2.45, 2.75) is 19.5 Å². The van der Waals surface area contributed by atoms with Crippen molar-refractivity contribution in [2.24, 2.45) is 0 Å². The molecule has 3 rings (SSSR count). The molecule has 0 radical (unpaired) electrons. The summed E-state index contributed by atoms with van der Waals surface area (Å²) in [5.41, 5.74) is 1.67. The first-order valence-electron chi connectivity index (χ1n) is 6.74. The van der Waals surface area contributed by atoms with E-state index in [4.69, 9.17) is 9.15 Å². The Kier molecular flexibility index (Phi) is 3.80. The quantitative estimate of drug-likeness (QED) is 0.864. The summed E-state index contributed by atoms with van der Waals surface area (Å²) in [7, 11) is 0. The van der Waals surface area contributed by atoms with Crippen LogP contribution in [0.4, 0.5) is 4.39 Å². The van der Waals surface area contributed by atoms with Crippen LogP contribution in [-0.2, 0) is 11.3 Å². The lowest BCUT2D eigenvalue weighted by Gasteiger charge is -2.32. The number of rotatable bonds is 3. The minimum atomic E-state index is -0.261. The van der Waals surface area contributed by atoms with Crippen LogP contribution in [0.15, 0.2) is 34.9 Å². The maximum atomic E-state index is 12.9. The zero-order chi connectivity index (χ0) is 13.9. The van der Waals surface area contributed by atoms with Gasteiger partial charge in [0.15, 0.2) is 0 Å². The fourth-order valence-electron chi connectivity index (χ4n) is 2.31. The predicted octanol–water partition coefficient (Wildman–Crippen LogP) is 2.70. The molecule has 1 aromatic heterocycles. The van der Waals surface area contributed by atoms with Gasteiger partial charge in [0.05, 0.1) is 18.9 Å². The van der Waals surface area contributed by atoms with Crippen molar-refractivity contribution in [1.82, 2.24) is 9.88 Å². The number of ether oxygens (including phenoxy) is 1. The van der Waals surface area contributed by atoms with Gasteiger partial charge < -0.3 is 9.15 Å². The van der Waals surface area contributed by atoms with E-state index in [0.29, 0.717) is 11.9 Å². The highest BCUT2D eigenvalue weighted by Gasteiger charge is 2.20. The number of hydrogen-bond donors (Lipinski definition) is 0. The molecule has 1 aliphatic heterocycles. The van der Waals surface area contributed by atoms with Gasteiger partial charge in [-0.25, -0.2) is 9.37 Å². The fraction of sp³-hybridized carbons (Fsp3) is 0.400. The van der Waals surface area contributed by atoms with Gasteiger partial charge in [0.2, 0.25) is 5.89 Å². The van der Waals surface area contributed by atoms with Crippen LogP contribution in [0.3, 0.4) is 0 Å². The van der Waals surface area contributed by atoms with Crippen LogP contribution < -0.4 is 0 Å². The first kappa shape index (κ1) is 13.3. The van der Waals surface area contributed by atoms with E-state index in [9.17, 15) is 4.39 Å². The topological polar surface area (TPSA) is 38.5 Å². The Hall–Kier alpha value is -1.72. The van der Waals surface area contributed by atoms with Crippen molar-refractivity contribution in [1.29, 1.82) is 0 Å². The van der Waals surface area contributed by atoms with E-state index in [2.05, 4.69) is 16.8 Å². The molecule has 1 saturated heterocycles. The van der Waals surface area contributed by atoms with Crippen LogP contribution in [-0.4, -0.2) is 35.7 Å². The third-order valence-electron chi connectivity index (χ3n) is 3.51. The summed E-state index contributed by atoms with van der Waals surface area (Å²) in [6, 6.07) is 6.53. The number of halogens is 1. The Balaban J connectivity index is 1.71. The minimum absolute atomic E-state index is 0.261. The highest BCUT2D eigenvalue weighted by Crippen LogP contribution is 2.20. The van der Waals surface area contributed by atoms with Crippen LogP contribution in [0.5, 0.6) is 0 Å². The van der Waals surface area contributed by atoms with Crippen molar-refractivity contribution in [3.63, 3.8) is 0 Å². The number of morpholine rings is 1. The Bertz CT molecular complexity index is 568. The molecule has 0 N–H and O–H groups in total. The largest absolute Gasteiger partial charge is 0.444 e. The highest BCUT2D eigenvalue weighted by molar-refractivity contribution is 5.52. The van der Waals surface area contributed by atoms with Crippen LogP contribution in [0.2, 0.25) is 0 Å². The van der Waals surface area contributed by atoms with Crippen LogP contribution in [0.25, 0.3) is 11.5 Å². The van der Waals surface area contributed by atoms with Crippen LogP contribution in [0, 0.1) is 5.82 Å². The van der Waals surface area contributed by atoms with Gasteiger partial charge in [-0.05, 0) is 31.2 Å². The van der Waals surface area contributed by atoms with Crippen molar-refractivity contribution in [2.75, 3.05) is 19.8 Å². The molecule has 0 saturated carbocycles. The van der Waals surface area contributed by atoms with Gasteiger partial charge in [-0.15, -0.1) is 0 Å². The van der Waals surface area contributed by atoms with Gasteiger partial charge in [-0.2, -0.15) is 0 Å². The monoisotopic (exact) mass is 276 g/mol. The van der Waals surface area contributed by atoms with Gasteiger partial charge >= 0.3 is 0 Å². The summed E-state index contributed by atoms with van der Waals surface area (Å²) in [5, 5.41) is 0. The molecule has 5 heteroatoms. The van der Waals surface area contributed by atoms with Crippen LogP contribution >= 0.6 is 0 Å². The number of benzene rings is 1. The van der Waals surface area contributed by atoms with E-state index in [1.165, 1.54) is 12.1 Å². The zero-order valence-electron chi connectivity index (χ0n) is 11.4. The molecular formula is C15H17FN2O2. The maximum Gasteiger partial charge on any atom is 0.226 e. The van der Waals surface area contributed by atoms with Gasteiger partial charge in [0, 0.05) is 24.7 Å². The molecule has 0 unspecified atom stereocenters. The van der Waals surface area contributed by atoms with Crippen molar-refractivity contribution in [3.8, 4) is 11.5 Å². The normalized spacial score (nSPS) is 20.2. The third kappa shape index (κ3) is 2.89. The summed E-state index contributed by atoms with van der Waals surface area (Å²) >= 11 is 0. The van der Waals surface area contributed by atoms with Gasteiger partial charge in [-0.3, -0.25) is 4.90 Å². The van der Waals surface area contributed by atoms with Gasteiger partial charge in [-0.1, -0.05) is 0 Å². The Labute approximate surface area is 117 Å². The smallest absolute Gasteiger partial charge is 0.226 e. The van der Waals surface area contributed by atoms with E-state index >= 15 is 0 Å². The maximum absolute atomic E-state index is 12.9. The standard InChI is InChI=1S/C15H17FN2O2/c1-11-9-19-7-6-18(11)8-14-10-20-15(17-14)12-2-4-13(16)5-3-12/h2-5,10-11H,6-9H2,1H3/t11-/m0/s1. The average molecular weight is 276 g/mol. The molecule has 20 heavy (non-hydrogen) atoms. The summed E-state index contributed by atoms with van der Waals surface area (Å²) in [6.45, 7) is 5.30. The second-order valence-corrected chi connectivity index (χ2v) is 5.05. The molecule has 4 nitrogen and oxygen atoms in total. The molecule has 0 spiro atoms. The lowest BCUT2D eigenvalue weighted by atomic mass is 10.2. The summed E-state index contributed by atoms with van der Waals surface area (Å²) < 4.78 is 23.8. The Morgan fingerprint density at radius 3 is 2.90 bits per heavy atom. The van der Waals surface area contributed by atoms with Crippen molar-refractivity contribution < 1.29 is 13.5 Å². The molecular weight excluding hydrogens is 259 g/mol. The zero-order valence-corrected chi connectivity index (χ0v) is 11.4. The number of hydrogen-bond acceptors (Lipinski definition) is 4. The van der Waals surface area contributed by atoms with E-state index in [1.807, 2.05) is 0 Å². The molecule has 1 aliphatic rings. The minimum Gasteiger partial charge on any atom is -0.444 e. The summed E-state index contributed by atoms with van der Waals surface area (Å²) in [4.78, 5) is 6.78. The Morgan fingerprint density at radius 2 is 2.15 bits per heavy atom. The van der Waals surface area contributed by atoms with E-state index < -0.39 is 0 Å². The van der Waals surface area contributed by atoms with Crippen molar-refractivity contribution in [3.05, 3.63) is 42.0 Å². The molecule has 0 amide bonds. The molecule has 0 bridgehead atoms. The molecule has 2 aromatic rings. The number of aromatic nitrogens is 1. The average Bonchev–Trinajstić information content (AvgIpc) is 2.91. The van der Waals surface area contributed by atoms with Crippen LogP contribution in [0.1, 0.15) is 12.6 Å². The molecule has 1 aromatic carbocycles. The number of oxazole rings is 1. The predicted molar refractivity (Wildman–Crippen MR) is 72.6 cm³/mol.